The Labute approximate surface area is 117 Å². The first-order valence-corrected chi connectivity index (χ1v) is 6.80. The van der Waals surface area contributed by atoms with Crippen LogP contribution < -0.4 is 5.32 Å². The Balaban J connectivity index is 2.95. The molecule has 0 radical (unpaired) electrons. The number of rotatable bonds is 6. The predicted octanol–water partition coefficient (Wildman–Crippen LogP) is 3.91. The van der Waals surface area contributed by atoms with Crippen molar-refractivity contribution in [2.45, 2.75) is 27.2 Å². The summed E-state index contributed by atoms with van der Waals surface area (Å²) in [5.41, 5.74) is 4.54. The maximum absolute atomic E-state index is 4.55. The van der Waals surface area contributed by atoms with Gasteiger partial charge in [0.1, 0.15) is 0 Å². The largest absolute Gasteiger partial charge is 0.316 e. The molecule has 1 rings (SSSR count). The molecule has 2 heteroatoms. The van der Waals surface area contributed by atoms with Gasteiger partial charge in [0.15, 0.2) is 0 Å². The predicted molar refractivity (Wildman–Crippen MR) is 84.1 cm³/mol. The fraction of sp³-hybridized carbons (Fsp3) is 0.353. The van der Waals surface area contributed by atoms with E-state index in [2.05, 4.69) is 54.5 Å². The Morgan fingerprint density at radius 3 is 2.79 bits per heavy atom. The highest BCUT2D eigenvalue weighted by Crippen LogP contribution is 2.14. The molecule has 0 aliphatic carbocycles. The molecule has 19 heavy (non-hydrogen) atoms. The summed E-state index contributed by atoms with van der Waals surface area (Å²) in [5.74, 6) is 0. The fourth-order valence-electron chi connectivity index (χ4n) is 1.80. The summed E-state index contributed by atoms with van der Waals surface area (Å²) >= 11 is 0. The minimum absolute atomic E-state index is 0.858. The lowest BCUT2D eigenvalue weighted by Gasteiger charge is -2.05. The lowest BCUT2D eigenvalue weighted by atomic mass is 10.1. The molecule has 0 fully saturated rings. The zero-order valence-electron chi connectivity index (χ0n) is 12.4. The Morgan fingerprint density at radius 2 is 2.16 bits per heavy atom. The minimum atomic E-state index is 0.858. The van der Waals surface area contributed by atoms with E-state index in [-0.39, 0.29) is 0 Å². The van der Waals surface area contributed by atoms with Crippen molar-refractivity contribution in [3.05, 3.63) is 59.5 Å². The Hall–Kier alpha value is -1.67. The summed E-state index contributed by atoms with van der Waals surface area (Å²) in [6.07, 6.45) is 9.67. The van der Waals surface area contributed by atoms with Crippen LogP contribution >= 0.6 is 0 Å². The second kappa shape index (κ2) is 8.44. The number of nitrogens with one attached hydrogen (secondary N) is 1. The molecule has 1 N–H and O–H groups in total. The van der Waals surface area contributed by atoms with Crippen molar-refractivity contribution in [2.24, 2.45) is 0 Å². The molecule has 1 aromatic rings. The highest BCUT2D eigenvalue weighted by Gasteiger charge is 1.99. The summed E-state index contributed by atoms with van der Waals surface area (Å²) in [7, 11) is 1.96. The van der Waals surface area contributed by atoms with Crippen molar-refractivity contribution in [1.82, 2.24) is 10.3 Å². The summed E-state index contributed by atoms with van der Waals surface area (Å²) < 4.78 is 0. The molecule has 0 aliphatic rings. The number of aryl methyl sites for hydroxylation is 1. The summed E-state index contributed by atoms with van der Waals surface area (Å²) in [4.78, 5) is 4.55. The second-order valence-corrected chi connectivity index (χ2v) is 4.60. The van der Waals surface area contributed by atoms with E-state index in [0.29, 0.717) is 0 Å². The number of hydrogen-bond donors (Lipinski definition) is 1. The summed E-state index contributed by atoms with van der Waals surface area (Å²) in [5, 5.41) is 3.20. The number of likely N-dealkylation sites (N-methyl/N-ethyl adjacent to an activating group) is 1. The zero-order valence-corrected chi connectivity index (χ0v) is 12.4. The molecule has 0 bridgehead atoms. The van der Waals surface area contributed by atoms with E-state index in [1.54, 1.807) is 0 Å². The van der Waals surface area contributed by atoms with Crippen molar-refractivity contribution in [3.63, 3.8) is 0 Å². The molecule has 0 spiro atoms. The normalized spacial score (nSPS) is 13.3. The lowest BCUT2D eigenvalue weighted by Crippen LogP contribution is -2.09. The van der Waals surface area contributed by atoms with Gasteiger partial charge in [0.25, 0.3) is 0 Å². The minimum Gasteiger partial charge on any atom is -0.316 e. The molecule has 0 saturated carbocycles. The molecule has 2 nitrogen and oxygen atoms in total. The smallest absolute Gasteiger partial charge is 0.0662 e. The zero-order chi connectivity index (χ0) is 14.1. The Morgan fingerprint density at radius 1 is 1.37 bits per heavy atom. The molecule has 0 aliphatic heterocycles. The Kier molecular flexibility index (Phi) is 6.83. The maximum Gasteiger partial charge on any atom is 0.0662 e. The van der Waals surface area contributed by atoms with Crippen LogP contribution in [0.2, 0.25) is 0 Å². The van der Waals surface area contributed by atoms with Gasteiger partial charge in [0.05, 0.1) is 5.69 Å². The highest BCUT2D eigenvalue weighted by molar-refractivity contribution is 5.64. The van der Waals surface area contributed by atoms with Crippen LogP contribution in [0.1, 0.15) is 31.7 Å². The quantitative estimate of drug-likeness (QED) is 0.781. The SMILES string of the molecule is CC\C=C/C=C(/C=C(\C)c1cccc(C)n1)CNC. The van der Waals surface area contributed by atoms with E-state index in [9.17, 15) is 0 Å². The van der Waals surface area contributed by atoms with Crippen LogP contribution in [0.15, 0.2) is 48.1 Å². The first kappa shape index (κ1) is 15.4. The van der Waals surface area contributed by atoms with E-state index in [4.69, 9.17) is 0 Å². The van der Waals surface area contributed by atoms with E-state index < -0.39 is 0 Å². The van der Waals surface area contributed by atoms with Gasteiger partial charge >= 0.3 is 0 Å². The van der Waals surface area contributed by atoms with Crippen LogP contribution in [-0.4, -0.2) is 18.6 Å². The first-order valence-electron chi connectivity index (χ1n) is 6.80. The van der Waals surface area contributed by atoms with Crippen LogP contribution in [0, 0.1) is 6.92 Å². The molecule has 0 atom stereocenters. The van der Waals surface area contributed by atoms with Crippen molar-refractivity contribution < 1.29 is 0 Å². The van der Waals surface area contributed by atoms with Crippen molar-refractivity contribution >= 4 is 5.57 Å². The van der Waals surface area contributed by atoms with Gasteiger partial charge < -0.3 is 5.32 Å². The molecule has 0 saturated heterocycles. The molecular weight excluding hydrogens is 232 g/mol. The van der Waals surface area contributed by atoms with Crippen LogP contribution in [0.25, 0.3) is 5.57 Å². The van der Waals surface area contributed by atoms with Crippen molar-refractivity contribution in [1.29, 1.82) is 0 Å². The second-order valence-electron chi connectivity index (χ2n) is 4.60. The van der Waals surface area contributed by atoms with E-state index >= 15 is 0 Å². The number of allylic oxidation sites excluding steroid dienone is 4. The van der Waals surface area contributed by atoms with Gasteiger partial charge in [-0.3, -0.25) is 4.98 Å². The molecule has 0 aromatic carbocycles. The number of nitrogens with zero attached hydrogens (tertiary/aromatic N) is 1. The molecule has 1 aromatic heterocycles. The van der Waals surface area contributed by atoms with Crippen molar-refractivity contribution in [3.8, 4) is 0 Å². The lowest BCUT2D eigenvalue weighted by molar-refractivity contribution is 0.895. The molecule has 1 heterocycles. The van der Waals surface area contributed by atoms with Gasteiger partial charge in [-0.1, -0.05) is 37.3 Å². The molecule has 102 valence electrons. The number of pyridine rings is 1. The molecule has 0 unspecified atom stereocenters. The molecular formula is C17H24N2. The standard InChI is InChI=1S/C17H24N2/c1-5-6-7-10-16(13-18-4)12-14(2)17-11-8-9-15(3)19-17/h6-12,18H,5,13H2,1-4H3/b7-6-,14-12+,16-10-. The van der Waals surface area contributed by atoms with E-state index in [1.165, 1.54) is 11.1 Å². The maximum atomic E-state index is 4.55. The first-order chi connectivity index (χ1) is 9.17. The fourth-order valence-corrected chi connectivity index (χ4v) is 1.80. The average Bonchev–Trinajstić information content (AvgIpc) is 2.39. The van der Waals surface area contributed by atoms with Crippen molar-refractivity contribution in [2.75, 3.05) is 13.6 Å². The third-order valence-corrected chi connectivity index (χ3v) is 2.76. The third-order valence-electron chi connectivity index (χ3n) is 2.76. The van der Waals surface area contributed by atoms with Crippen LogP contribution in [0.3, 0.4) is 0 Å². The number of hydrogen-bond acceptors (Lipinski definition) is 2. The van der Waals surface area contributed by atoms with Gasteiger partial charge in [-0.25, -0.2) is 0 Å². The average molecular weight is 256 g/mol. The van der Waals surface area contributed by atoms with E-state index in [1.807, 2.05) is 26.1 Å². The van der Waals surface area contributed by atoms with Crippen LogP contribution in [0.5, 0.6) is 0 Å². The van der Waals surface area contributed by atoms with Gasteiger partial charge in [-0.05, 0) is 50.6 Å². The van der Waals surface area contributed by atoms with Gasteiger partial charge in [0, 0.05) is 12.2 Å². The molecule has 0 amide bonds. The van der Waals surface area contributed by atoms with Gasteiger partial charge in [-0.15, -0.1) is 0 Å². The van der Waals surface area contributed by atoms with E-state index in [0.717, 1.165) is 24.4 Å². The number of aromatic nitrogens is 1. The van der Waals surface area contributed by atoms with Crippen LogP contribution in [-0.2, 0) is 0 Å². The Bertz CT molecular complexity index is 482. The summed E-state index contributed by atoms with van der Waals surface area (Å²) in [6, 6.07) is 6.12. The third kappa shape index (κ3) is 5.66. The summed E-state index contributed by atoms with van der Waals surface area (Å²) in [6.45, 7) is 7.12. The van der Waals surface area contributed by atoms with Gasteiger partial charge in [0.2, 0.25) is 0 Å². The van der Waals surface area contributed by atoms with Gasteiger partial charge in [-0.2, -0.15) is 0 Å². The highest BCUT2D eigenvalue weighted by atomic mass is 14.8. The van der Waals surface area contributed by atoms with Crippen LogP contribution in [0.4, 0.5) is 0 Å². The topological polar surface area (TPSA) is 24.9 Å². The monoisotopic (exact) mass is 256 g/mol.